The summed E-state index contributed by atoms with van der Waals surface area (Å²) < 4.78 is 22.4. The van der Waals surface area contributed by atoms with E-state index in [4.69, 9.17) is 20.2 Å². The van der Waals surface area contributed by atoms with Gasteiger partial charge < -0.3 is 4.42 Å². The SMILES string of the molecule is CN(C)P(=O)(Cl)OCc1ccc([N+](=O)[O-])o1. The molecule has 0 radical (unpaired) electrons. The highest BCUT2D eigenvalue weighted by atomic mass is 35.7. The van der Waals surface area contributed by atoms with Gasteiger partial charge >= 0.3 is 12.8 Å². The van der Waals surface area contributed by atoms with Crippen molar-refractivity contribution in [2.45, 2.75) is 6.61 Å². The van der Waals surface area contributed by atoms with E-state index in [2.05, 4.69) is 0 Å². The number of nitrogens with zero attached hydrogens (tertiary/aromatic N) is 2. The fourth-order valence-electron chi connectivity index (χ4n) is 0.801. The van der Waals surface area contributed by atoms with Crippen molar-refractivity contribution in [2.24, 2.45) is 0 Å². The van der Waals surface area contributed by atoms with Crippen molar-refractivity contribution in [2.75, 3.05) is 14.1 Å². The smallest absolute Gasteiger partial charge is 0.403 e. The van der Waals surface area contributed by atoms with Gasteiger partial charge in [-0.15, -0.1) is 0 Å². The number of halogens is 1. The molecule has 0 fully saturated rings. The molecule has 0 aliphatic carbocycles. The topological polar surface area (TPSA) is 85.8 Å². The molecule has 16 heavy (non-hydrogen) atoms. The van der Waals surface area contributed by atoms with Gasteiger partial charge in [-0.05, 0) is 31.4 Å². The predicted octanol–water partition coefficient (Wildman–Crippen LogP) is 2.61. The van der Waals surface area contributed by atoms with Gasteiger partial charge in [-0.3, -0.25) is 19.2 Å². The highest BCUT2D eigenvalue weighted by molar-refractivity contribution is 7.83. The normalized spacial score (nSPS) is 15.0. The minimum absolute atomic E-state index is 0.188. The lowest BCUT2D eigenvalue weighted by atomic mass is 10.5. The van der Waals surface area contributed by atoms with E-state index in [-0.39, 0.29) is 12.4 Å². The van der Waals surface area contributed by atoms with Crippen LogP contribution in [0.15, 0.2) is 16.5 Å². The maximum Gasteiger partial charge on any atom is 0.433 e. The Bertz CT molecular complexity index is 432. The summed E-state index contributed by atoms with van der Waals surface area (Å²) in [5.41, 5.74) is 0. The van der Waals surface area contributed by atoms with Crippen LogP contribution in [0.1, 0.15) is 5.76 Å². The van der Waals surface area contributed by atoms with Crippen LogP contribution in [0.2, 0.25) is 0 Å². The monoisotopic (exact) mass is 268 g/mol. The molecule has 1 aromatic rings. The molecule has 0 spiro atoms. The maximum absolute atomic E-state index is 11.5. The molecule has 7 nitrogen and oxygen atoms in total. The number of rotatable bonds is 5. The first-order valence-corrected chi connectivity index (χ1v) is 6.66. The summed E-state index contributed by atoms with van der Waals surface area (Å²) in [7, 11) is 3.00. The zero-order chi connectivity index (χ0) is 12.3. The van der Waals surface area contributed by atoms with Crippen LogP contribution >= 0.6 is 18.1 Å². The molecule has 0 aromatic carbocycles. The zero-order valence-corrected chi connectivity index (χ0v) is 10.3. The largest absolute Gasteiger partial charge is 0.433 e. The van der Waals surface area contributed by atoms with E-state index in [1.54, 1.807) is 0 Å². The first-order valence-electron chi connectivity index (χ1n) is 4.18. The number of hydrogen-bond acceptors (Lipinski definition) is 5. The summed E-state index contributed by atoms with van der Waals surface area (Å²) in [5.74, 6) is -0.206. The molecule has 1 aromatic heterocycles. The van der Waals surface area contributed by atoms with Gasteiger partial charge in [0.15, 0.2) is 0 Å². The lowest BCUT2D eigenvalue weighted by Crippen LogP contribution is -2.06. The maximum atomic E-state index is 11.5. The predicted molar refractivity (Wildman–Crippen MR) is 57.3 cm³/mol. The van der Waals surface area contributed by atoms with Crippen LogP contribution in [0.25, 0.3) is 0 Å². The third-order valence-corrected chi connectivity index (χ3v) is 4.27. The average Bonchev–Trinajstić information content (AvgIpc) is 2.63. The van der Waals surface area contributed by atoms with Crippen LogP contribution in [-0.4, -0.2) is 23.7 Å². The van der Waals surface area contributed by atoms with Crippen molar-refractivity contribution in [3.05, 3.63) is 28.0 Å². The Hall–Kier alpha value is -0.880. The molecular formula is C7H10ClN2O5P. The Morgan fingerprint density at radius 3 is 2.69 bits per heavy atom. The minimum Gasteiger partial charge on any atom is -0.403 e. The van der Waals surface area contributed by atoms with Crippen molar-refractivity contribution in [1.29, 1.82) is 0 Å². The van der Waals surface area contributed by atoms with Crippen molar-refractivity contribution in [3.8, 4) is 0 Å². The molecule has 0 aliphatic rings. The van der Waals surface area contributed by atoms with E-state index in [1.807, 2.05) is 0 Å². The Morgan fingerprint density at radius 1 is 1.62 bits per heavy atom. The molecule has 9 heteroatoms. The summed E-state index contributed by atoms with van der Waals surface area (Å²) in [4.78, 5) is 9.63. The molecule has 1 atom stereocenters. The van der Waals surface area contributed by atoms with E-state index in [0.29, 0.717) is 0 Å². The van der Waals surface area contributed by atoms with Crippen LogP contribution in [0.5, 0.6) is 0 Å². The molecule has 0 N–H and O–H groups in total. The summed E-state index contributed by atoms with van der Waals surface area (Å²) in [6.07, 6.45) is 0. The van der Waals surface area contributed by atoms with Gasteiger partial charge in [0.25, 0.3) is 0 Å². The summed E-state index contributed by atoms with van der Waals surface area (Å²) in [5, 5.41) is 10.3. The van der Waals surface area contributed by atoms with Crippen molar-refractivity contribution in [1.82, 2.24) is 4.67 Å². The van der Waals surface area contributed by atoms with Crippen molar-refractivity contribution < 1.29 is 18.4 Å². The Balaban J connectivity index is 2.62. The average molecular weight is 269 g/mol. The summed E-state index contributed by atoms with van der Waals surface area (Å²) >= 11 is 5.57. The van der Waals surface area contributed by atoms with E-state index in [1.165, 1.54) is 30.9 Å². The number of hydrogen-bond donors (Lipinski definition) is 0. The first kappa shape index (κ1) is 13.2. The molecule has 1 heterocycles. The van der Waals surface area contributed by atoms with Crippen molar-refractivity contribution in [3.63, 3.8) is 0 Å². The molecule has 0 amide bonds. The van der Waals surface area contributed by atoms with Crippen molar-refractivity contribution >= 4 is 24.0 Å². The molecule has 90 valence electrons. The Morgan fingerprint density at radius 2 is 2.25 bits per heavy atom. The fraction of sp³-hybridized carbons (Fsp3) is 0.429. The molecule has 0 aliphatic heterocycles. The standard InChI is InChI=1S/C7H10ClN2O5P/c1-9(2)16(8,13)14-5-6-3-4-7(15-6)10(11)12/h3-4H,5H2,1-2H3. The van der Waals surface area contributed by atoms with Gasteiger partial charge in [0.2, 0.25) is 0 Å². The van der Waals surface area contributed by atoms with Crippen LogP contribution in [0, 0.1) is 10.1 Å². The van der Waals surface area contributed by atoms with E-state index >= 15 is 0 Å². The molecule has 1 rings (SSSR count). The number of furan rings is 1. The molecule has 0 saturated carbocycles. The molecule has 1 unspecified atom stereocenters. The molecular weight excluding hydrogens is 259 g/mol. The van der Waals surface area contributed by atoms with Gasteiger partial charge in [-0.2, -0.15) is 0 Å². The van der Waals surface area contributed by atoms with Gasteiger partial charge in [0, 0.05) is 0 Å². The van der Waals surface area contributed by atoms with Gasteiger partial charge in [-0.1, -0.05) is 0 Å². The summed E-state index contributed by atoms with van der Waals surface area (Å²) in [6.45, 7) is -3.56. The molecule has 0 saturated heterocycles. The highest BCUT2D eigenvalue weighted by Crippen LogP contribution is 2.54. The van der Waals surface area contributed by atoms with E-state index in [0.717, 1.165) is 0 Å². The Kier molecular flexibility index (Phi) is 4.09. The third-order valence-electron chi connectivity index (χ3n) is 1.67. The van der Waals surface area contributed by atoms with Crippen LogP contribution in [-0.2, 0) is 15.7 Å². The second kappa shape index (κ2) is 4.97. The second-order valence-electron chi connectivity index (χ2n) is 3.07. The highest BCUT2D eigenvalue weighted by Gasteiger charge is 2.23. The van der Waals surface area contributed by atoms with E-state index in [9.17, 15) is 14.7 Å². The lowest BCUT2D eigenvalue weighted by molar-refractivity contribution is -0.402. The van der Waals surface area contributed by atoms with E-state index < -0.39 is 17.7 Å². The van der Waals surface area contributed by atoms with Gasteiger partial charge in [-0.25, -0.2) is 4.67 Å². The molecule has 0 bridgehead atoms. The second-order valence-corrected chi connectivity index (χ2v) is 6.31. The Labute approximate surface area is 96.4 Å². The van der Waals surface area contributed by atoms with Gasteiger partial charge in [0.05, 0.1) is 6.07 Å². The number of nitro groups is 1. The fourth-order valence-corrected chi connectivity index (χ4v) is 1.46. The summed E-state index contributed by atoms with van der Waals surface area (Å²) in [6, 6.07) is 2.55. The quantitative estimate of drug-likeness (QED) is 0.463. The van der Waals surface area contributed by atoms with Crippen LogP contribution < -0.4 is 0 Å². The first-order chi connectivity index (χ1) is 7.33. The third kappa shape index (κ3) is 3.31. The van der Waals surface area contributed by atoms with Crippen LogP contribution in [0.3, 0.4) is 0 Å². The van der Waals surface area contributed by atoms with Gasteiger partial charge in [0.1, 0.15) is 17.3 Å². The minimum atomic E-state index is -3.37. The zero-order valence-electron chi connectivity index (χ0n) is 8.62. The lowest BCUT2D eigenvalue weighted by Gasteiger charge is -2.16. The van der Waals surface area contributed by atoms with Crippen LogP contribution in [0.4, 0.5) is 5.88 Å².